The molecule has 0 aromatic heterocycles. The zero-order valence-corrected chi connectivity index (χ0v) is 8.45. The third-order valence-electron chi connectivity index (χ3n) is 3.40. The van der Waals surface area contributed by atoms with E-state index in [-0.39, 0.29) is 0 Å². The van der Waals surface area contributed by atoms with Crippen LogP contribution in [0.4, 0.5) is 0 Å². The van der Waals surface area contributed by atoms with Gasteiger partial charge in [-0.3, -0.25) is 0 Å². The van der Waals surface area contributed by atoms with Gasteiger partial charge in [-0.05, 0) is 39.2 Å². The molecule has 0 radical (unpaired) electrons. The van der Waals surface area contributed by atoms with Crippen molar-refractivity contribution >= 4 is 0 Å². The van der Waals surface area contributed by atoms with E-state index in [1.165, 1.54) is 12.8 Å². The zero-order chi connectivity index (χ0) is 9.14. The van der Waals surface area contributed by atoms with Gasteiger partial charge in [-0.1, -0.05) is 6.92 Å². The minimum absolute atomic E-state index is 0.345. The lowest BCUT2D eigenvalue weighted by Crippen LogP contribution is -2.37. The number of aliphatic hydroxyl groups is 1. The van der Waals surface area contributed by atoms with Crippen molar-refractivity contribution in [3.63, 3.8) is 0 Å². The van der Waals surface area contributed by atoms with Crippen molar-refractivity contribution in [2.75, 3.05) is 13.7 Å². The lowest BCUT2D eigenvalue weighted by atomic mass is 9.96. The maximum atomic E-state index is 9.16. The molecule has 0 aliphatic carbocycles. The first-order chi connectivity index (χ1) is 5.70. The summed E-state index contributed by atoms with van der Waals surface area (Å²) in [5.41, 5.74) is 0. The van der Waals surface area contributed by atoms with Gasteiger partial charge < -0.3 is 10.0 Å². The van der Waals surface area contributed by atoms with Crippen LogP contribution in [0.1, 0.15) is 33.1 Å². The lowest BCUT2D eigenvalue weighted by molar-refractivity contribution is 0.125. The molecule has 2 nitrogen and oxygen atoms in total. The second kappa shape index (κ2) is 4.24. The first-order valence-electron chi connectivity index (χ1n) is 5.03. The average Bonchev–Trinajstić information content (AvgIpc) is 2.38. The van der Waals surface area contributed by atoms with Crippen LogP contribution in [-0.4, -0.2) is 35.7 Å². The van der Waals surface area contributed by atoms with Gasteiger partial charge in [-0.15, -0.1) is 0 Å². The molecule has 1 aliphatic heterocycles. The molecular weight excluding hydrogens is 150 g/mol. The van der Waals surface area contributed by atoms with Gasteiger partial charge >= 0.3 is 0 Å². The number of hydrogen-bond donors (Lipinski definition) is 1. The molecule has 0 aromatic carbocycles. The van der Waals surface area contributed by atoms with Crippen molar-refractivity contribution in [3.05, 3.63) is 0 Å². The Morgan fingerprint density at radius 2 is 2.17 bits per heavy atom. The van der Waals surface area contributed by atoms with Gasteiger partial charge in [-0.25, -0.2) is 0 Å². The highest BCUT2D eigenvalue weighted by molar-refractivity contribution is 4.86. The quantitative estimate of drug-likeness (QED) is 0.695. The van der Waals surface area contributed by atoms with Gasteiger partial charge in [0.05, 0.1) is 0 Å². The van der Waals surface area contributed by atoms with Crippen LogP contribution >= 0.6 is 0 Å². The van der Waals surface area contributed by atoms with E-state index in [1.54, 1.807) is 0 Å². The average molecular weight is 171 g/mol. The molecule has 1 rings (SSSR count). The van der Waals surface area contributed by atoms with Crippen LogP contribution in [0.2, 0.25) is 0 Å². The Hall–Kier alpha value is -0.0800. The van der Waals surface area contributed by atoms with Crippen LogP contribution in [0.5, 0.6) is 0 Å². The van der Waals surface area contributed by atoms with Crippen LogP contribution in [0.15, 0.2) is 0 Å². The Bertz CT molecular complexity index is 134. The third-order valence-corrected chi connectivity index (χ3v) is 3.40. The number of hydrogen-bond acceptors (Lipinski definition) is 2. The molecule has 72 valence electrons. The molecule has 1 fully saturated rings. The molecule has 0 amide bonds. The fourth-order valence-electron chi connectivity index (χ4n) is 2.24. The van der Waals surface area contributed by atoms with Crippen molar-refractivity contribution < 1.29 is 5.11 Å². The highest BCUT2D eigenvalue weighted by atomic mass is 16.3. The fourth-order valence-corrected chi connectivity index (χ4v) is 2.24. The van der Waals surface area contributed by atoms with Crippen molar-refractivity contribution in [1.29, 1.82) is 0 Å². The van der Waals surface area contributed by atoms with Crippen LogP contribution in [0.25, 0.3) is 0 Å². The fraction of sp³-hybridized carbons (Fsp3) is 1.00. The van der Waals surface area contributed by atoms with Crippen LogP contribution in [0.3, 0.4) is 0 Å². The van der Waals surface area contributed by atoms with Crippen molar-refractivity contribution in [3.8, 4) is 0 Å². The summed E-state index contributed by atoms with van der Waals surface area (Å²) in [7, 11) is 2.18. The molecule has 0 bridgehead atoms. The lowest BCUT2D eigenvalue weighted by Gasteiger charge is -2.29. The second-order valence-corrected chi connectivity index (χ2v) is 4.01. The van der Waals surface area contributed by atoms with Gasteiger partial charge in [0.1, 0.15) is 0 Å². The summed E-state index contributed by atoms with van der Waals surface area (Å²) >= 11 is 0. The molecule has 0 spiro atoms. The molecule has 1 saturated heterocycles. The van der Waals surface area contributed by atoms with E-state index in [0.717, 1.165) is 6.42 Å². The number of likely N-dealkylation sites (tertiary alicyclic amines) is 1. The molecule has 1 aliphatic rings. The van der Waals surface area contributed by atoms with Gasteiger partial charge in [0.15, 0.2) is 0 Å². The summed E-state index contributed by atoms with van der Waals surface area (Å²) in [5, 5.41) is 9.16. The Labute approximate surface area is 75.6 Å². The molecule has 1 N–H and O–H groups in total. The molecule has 2 unspecified atom stereocenters. The van der Waals surface area contributed by atoms with Gasteiger partial charge in [0.2, 0.25) is 0 Å². The topological polar surface area (TPSA) is 23.5 Å². The minimum atomic E-state index is 0.345. The van der Waals surface area contributed by atoms with Crippen LogP contribution in [-0.2, 0) is 0 Å². The molecule has 0 saturated carbocycles. The van der Waals surface area contributed by atoms with Crippen LogP contribution < -0.4 is 0 Å². The first-order valence-corrected chi connectivity index (χ1v) is 5.03. The third kappa shape index (κ3) is 1.80. The molecular formula is C10H21NO. The van der Waals surface area contributed by atoms with Crippen molar-refractivity contribution in [2.24, 2.45) is 5.92 Å². The largest absolute Gasteiger partial charge is 0.396 e. The summed E-state index contributed by atoms with van der Waals surface area (Å²) in [6.07, 6.45) is 3.65. The number of nitrogens with zero attached hydrogens (tertiary/aromatic N) is 1. The maximum Gasteiger partial charge on any atom is 0.0474 e. The summed E-state index contributed by atoms with van der Waals surface area (Å²) in [5.74, 6) is 0.486. The summed E-state index contributed by atoms with van der Waals surface area (Å²) in [4.78, 5) is 2.42. The predicted octanol–water partition coefficient (Wildman–Crippen LogP) is 1.49. The maximum absolute atomic E-state index is 9.16. The van der Waals surface area contributed by atoms with E-state index < -0.39 is 0 Å². The second-order valence-electron chi connectivity index (χ2n) is 4.01. The van der Waals surface area contributed by atoms with Gasteiger partial charge in [-0.2, -0.15) is 0 Å². The molecule has 2 heteroatoms. The van der Waals surface area contributed by atoms with E-state index in [2.05, 4.69) is 25.8 Å². The highest BCUT2D eigenvalue weighted by Crippen LogP contribution is 2.28. The summed E-state index contributed by atoms with van der Waals surface area (Å²) in [6.45, 7) is 4.78. The van der Waals surface area contributed by atoms with E-state index in [9.17, 15) is 0 Å². The van der Waals surface area contributed by atoms with Crippen molar-refractivity contribution in [2.45, 2.75) is 45.2 Å². The molecule has 0 aromatic rings. The minimum Gasteiger partial charge on any atom is -0.396 e. The Morgan fingerprint density at radius 3 is 2.50 bits per heavy atom. The number of rotatable bonds is 3. The Morgan fingerprint density at radius 1 is 1.50 bits per heavy atom. The molecule has 12 heavy (non-hydrogen) atoms. The summed E-state index contributed by atoms with van der Waals surface area (Å²) in [6, 6.07) is 1.32. The SMILES string of the molecule is CC[C@H](CO)C1CCC(C)N1C. The zero-order valence-electron chi connectivity index (χ0n) is 8.45. The first kappa shape index (κ1) is 10.0. The highest BCUT2D eigenvalue weighted by Gasteiger charge is 2.31. The van der Waals surface area contributed by atoms with E-state index in [1.807, 2.05) is 0 Å². The summed E-state index contributed by atoms with van der Waals surface area (Å²) < 4.78 is 0. The molecule has 1 heterocycles. The van der Waals surface area contributed by atoms with E-state index in [0.29, 0.717) is 24.6 Å². The number of aliphatic hydroxyl groups excluding tert-OH is 1. The Kier molecular flexibility index (Phi) is 3.53. The Balaban J connectivity index is 2.51. The van der Waals surface area contributed by atoms with Gasteiger partial charge in [0, 0.05) is 18.7 Å². The smallest absolute Gasteiger partial charge is 0.0474 e. The van der Waals surface area contributed by atoms with E-state index in [4.69, 9.17) is 5.11 Å². The standard InChI is InChI=1S/C10H21NO/c1-4-9(7-12)10-6-5-8(2)11(10)3/h8-10,12H,4-7H2,1-3H3/t8?,9-,10?/m1/s1. The predicted molar refractivity (Wildman–Crippen MR) is 51.1 cm³/mol. The molecule has 3 atom stereocenters. The monoisotopic (exact) mass is 171 g/mol. The van der Waals surface area contributed by atoms with Crippen molar-refractivity contribution in [1.82, 2.24) is 4.90 Å². The normalized spacial score (nSPS) is 34.0. The van der Waals surface area contributed by atoms with Gasteiger partial charge in [0.25, 0.3) is 0 Å². The van der Waals surface area contributed by atoms with Crippen LogP contribution in [0, 0.1) is 5.92 Å². The van der Waals surface area contributed by atoms with E-state index >= 15 is 0 Å².